The Morgan fingerprint density at radius 3 is 2.65 bits per heavy atom. The van der Waals surface area contributed by atoms with Crippen LogP contribution in [0.25, 0.3) is 0 Å². The number of methoxy groups -OCH3 is 1. The third kappa shape index (κ3) is 4.42. The molecule has 0 aliphatic rings. The molecule has 0 fully saturated rings. The van der Waals surface area contributed by atoms with Crippen LogP contribution in [0.3, 0.4) is 0 Å². The van der Waals surface area contributed by atoms with Gasteiger partial charge in [-0.25, -0.2) is 0 Å². The van der Waals surface area contributed by atoms with Gasteiger partial charge >= 0.3 is 0 Å². The molecule has 3 heteroatoms. The number of carbonyl (C=O) groups is 1. The lowest BCUT2D eigenvalue weighted by Crippen LogP contribution is -1.99. The van der Waals surface area contributed by atoms with Crippen molar-refractivity contribution in [1.82, 2.24) is 0 Å². The Kier molecular flexibility index (Phi) is 5.69. The highest BCUT2D eigenvalue weighted by atomic mass is 32.2. The van der Waals surface area contributed by atoms with Crippen molar-refractivity contribution >= 4 is 17.5 Å². The van der Waals surface area contributed by atoms with Gasteiger partial charge in [-0.15, -0.1) is 11.8 Å². The molecule has 2 aromatic rings. The third-order valence-corrected chi connectivity index (χ3v) is 4.03. The van der Waals surface area contributed by atoms with Gasteiger partial charge in [-0.05, 0) is 30.4 Å². The summed E-state index contributed by atoms with van der Waals surface area (Å²) >= 11 is 1.75. The Bertz CT molecular complexity index is 552. The molecule has 0 saturated heterocycles. The molecule has 0 heterocycles. The Hall–Kier alpha value is -1.74. The maximum absolute atomic E-state index is 11.9. The van der Waals surface area contributed by atoms with Gasteiger partial charge in [0, 0.05) is 16.9 Å². The number of hydrogen-bond donors (Lipinski definition) is 0. The Balaban J connectivity index is 1.75. The fourth-order valence-corrected chi connectivity index (χ4v) is 2.78. The minimum atomic E-state index is 0.219. The zero-order valence-corrected chi connectivity index (χ0v) is 12.4. The summed E-state index contributed by atoms with van der Waals surface area (Å²) in [6, 6.07) is 17.5. The smallest absolute Gasteiger partial charge is 0.162 e. The van der Waals surface area contributed by atoms with Crippen LogP contribution in [0.1, 0.15) is 23.2 Å². The van der Waals surface area contributed by atoms with E-state index < -0.39 is 0 Å². The molecule has 0 radical (unpaired) electrons. The lowest BCUT2D eigenvalue weighted by molar-refractivity contribution is 0.0982. The number of carbonyl (C=O) groups excluding carboxylic acids is 1. The van der Waals surface area contributed by atoms with E-state index in [2.05, 4.69) is 6.07 Å². The lowest BCUT2D eigenvalue weighted by atomic mass is 10.1. The first-order valence-electron chi connectivity index (χ1n) is 6.64. The van der Waals surface area contributed by atoms with Gasteiger partial charge in [0.2, 0.25) is 0 Å². The van der Waals surface area contributed by atoms with Crippen molar-refractivity contribution in [2.24, 2.45) is 0 Å². The first-order valence-corrected chi connectivity index (χ1v) is 7.63. The predicted molar refractivity (Wildman–Crippen MR) is 83.7 cm³/mol. The van der Waals surface area contributed by atoms with Crippen LogP contribution in [0, 0.1) is 0 Å². The SMILES string of the molecule is COc1cccc(SCCCC(=O)c2ccccc2)c1. The zero-order valence-electron chi connectivity index (χ0n) is 11.5. The molecule has 0 spiro atoms. The molecule has 104 valence electrons. The summed E-state index contributed by atoms with van der Waals surface area (Å²) in [5.74, 6) is 2.03. The molecule has 0 aliphatic carbocycles. The molecule has 2 nitrogen and oxygen atoms in total. The fraction of sp³-hybridized carbons (Fsp3) is 0.235. The predicted octanol–water partition coefficient (Wildman–Crippen LogP) is 4.45. The maximum atomic E-state index is 11.9. The van der Waals surface area contributed by atoms with E-state index in [1.165, 1.54) is 4.90 Å². The molecule has 0 N–H and O–H groups in total. The van der Waals surface area contributed by atoms with E-state index >= 15 is 0 Å². The summed E-state index contributed by atoms with van der Waals surface area (Å²) in [5.41, 5.74) is 0.805. The standard InChI is InChI=1S/C17H18O2S/c1-19-15-9-5-10-16(13-15)20-12-6-11-17(18)14-7-3-2-4-8-14/h2-5,7-10,13H,6,11-12H2,1H3. The summed E-state index contributed by atoms with van der Waals surface area (Å²) in [4.78, 5) is 13.1. The van der Waals surface area contributed by atoms with Gasteiger partial charge in [0.05, 0.1) is 7.11 Å². The highest BCUT2D eigenvalue weighted by Crippen LogP contribution is 2.23. The van der Waals surface area contributed by atoms with Crippen molar-refractivity contribution in [3.63, 3.8) is 0 Å². The lowest BCUT2D eigenvalue weighted by Gasteiger charge is -2.04. The quantitative estimate of drug-likeness (QED) is 0.427. The van der Waals surface area contributed by atoms with Crippen LogP contribution in [0.2, 0.25) is 0 Å². The van der Waals surface area contributed by atoms with Crippen LogP contribution in [-0.2, 0) is 0 Å². The maximum Gasteiger partial charge on any atom is 0.162 e. The summed E-state index contributed by atoms with van der Waals surface area (Å²) < 4.78 is 5.19. The molecule has 0 atom stereocenters. The Morgan fingerprint density at radius 1 is 1.10 bits per heavy atom. The van der Waals surface area contributed by atoms with Crippen LogP contribution in [0.5, 0.6) is 5.75 Å². The summed E-state index contributed by atoms with van der Waals surface area (Å²) in [7, 11) is 1.67. The zero-order chi connectivity index (χ0) is 14.2. The summed E-state index contributed by atoms with van der Waals surface area (Å²) in [6.07, 6.45) is 1.48. The van der Waals surface area contributed by atoms with E-state index in [4.69, 9.17) is 4.74 Å². The number of thioether (sulfide) groups is 1. The van der Waals surface area contributed by atoms with E-state index in [1.54, 1.807) is 18.9 Å². The average Bonchev–Trinajstić information content (AvgIpc) is 2.52. The van der Waals surface area contributed by atoms with Gasteiger partial charge in [-0.3, -0.25) is 4.79 Å². The minimum absolute atomic E-state index is 0.219. The minimum Gasteiger partial charge on any atom is -0.497 e. The second-order valence-corrected chi connectivity index (χ2v) is 5.59. The number of ketones is 1. The van der Waals surface area contributed by atoms with Crippen LogP contribution < -0.4 is 4.74 Å². The first kappa shape index (κ1) is 14.7. The Labute approximate surface area is 124 Å². The molecular weight excluding hydrogens is 268 g/mol. The van der Waals surface area contributed by atoms with Gasteiger partial charge < -0.3 is 4.74 Å². The van der Waals surface area contributed by atoms with E-state index in [1.807, 2.05) is 48.5 Å². The number of ether oxygens (including phenoxy) is 1. The second kappa shape index (κ2) is 7.75. The van der Waals surface area contributed by atoms with Crippen molar-refractivity contribution in [3.8, 4) is 5.75 Å². The van der Waals surface area contributed by atoms with E-state index in [-0.39, 0.29) is 5.78 Å². The molecular formula is C17H18O2S. The van der Waals surface area contributed by atoms with E-state index in [9.17, 15) is 4.79 Å². The van der Waals surface area contributed by atoms with Gasteiger partial charge in [-0.1, -0.05) is 36.4 Å². The number of benzene rings is 2. The molecule has 20 heavy (non-hydrogen) atoms. The van der Waals surface area contributed by atoms with E-state index in [0.717, 1.165) is 23.5 Å². The number of rotatable bonds is 7. The largest absolute Gasteiger partial charge is 0.497 e. The Morgan fingerprint density at radius 2 is 1.90 bits per heavy atom. The third-order valence-electron chi connectivity index (χ3n) is 2.95. The van der Waals surface area contributed by atoms with Crippen LogP contribution in [0.4, 0.5) is 0 Å². The average molecular weight is 286 g/mol. The second-order valence-electron chi connectivity index (χ2n) is 4.42. The first-order chi connectivity index (χ1) is 9.79. The number of hydrogen-bond acceptors (Lipinski definition) is 3. The van der Waals surface area contributed by atoms with Crippen LogP contribution >= 0.6 is 11.8 Å². The van der Waals surface area contributed by atoms with E-state index in [0.29, 0.717) is 6.42 Å². The molecule has 2 aromatic carbocycles. The number of Topliss-reactive ketones (excluding diaryl/α,β-unsaturated/α-hetero) is 1. The van der Waals surface area contributed by atoms with Crippen LogP contribution in [-0.4, -0.2) is 18.6 Å². The molecule has 2 rings (SSSR count). The topological polar surface area (TPSA) is 26.3 Å². The normalized spacial score (nSPS) is 10.2. The molecule has 0 aliphatic heterocycles. The monoisotopic (exact) mass is 286 g/mol. The van der Waals surface area contributed by atoms with Crippen molar-refractivity contribution < 1.29 is 9.53 Å². The van der Waals surface area contributed by atoms with Crippen molar-refractivity contribution in [2.45, 2.75) is 17.7 Å². The van der Waals surface area contributed by atoms with Gasteiger partial charge in [0.15, 0.2) is 5.78 Å². The fourth-order valence-electron chi connectivity index (χ4n) is 1.88. The van der Waals surface area contributed by atoms with Gasteiger partial charge in [0.25, 0.3) is 0 Å². The summed E-state index contributed by atoms with van der Waals surface area (Å²) in [5, 5.41) is 0. The molecule has 0 unspecified atom stereocenters. The van der Waals surface area contributed by atoms with Gasteiger partial charge in [-0.2, -0.15) is 0 Å². The highest BCUT2D eigenvalue weighted by Gasteiger charge is 2.04. The molecule has 0 amide bonds. The van der Waals surface area contributed by atoms with Gasteiger partial charge in [0.1, 0.15) is 5.75 Å². The van der Waals surface area contributed by atoms with Crippen LogP contribution in [0.15, 0.2) is 59.5 Å². The molecule has 0 bridgehead atoms. The van der Waals surface area contributed by atoms with Crippen molar-refractivity contribution in [3.05, 3.63) is 60.2 Å². The van der Waals surface area contributed by atoms with Crippen molar-refractivity contribution in [2.75, 3.05) is 12.9 Å². The molecule has 0 aromatic heterocycles. The van der Waals surface area contributed by atoms with Crippen molar-refractivity contribution in [1.29, 1.82) is 0 Å². The summed E-state index contributed by atoms with van der Waals surface area (Å²) in [6.45, 7) is 0. The molecule has 0 saturated carbocycles. The highest BCUT2D eigenvalue weighted by molar-refractivity contribution is 7.99.